The molecular formula is C36H20N2. The molecule has 2 nitrogen and oxygen atoms in total. The van der Waals surface area contributed by atoms with E-state index in [1.807, 2.05) is 0 Å². The van der Waals surface area contributed by atoms with Gasteiger partial charge in [0.15, 0.2) is 0 Å². The lowest BCUT2D eigenvalue weighted by atomic mass is 9.99. The second-order valence-electron chi connectivity index (χ2n) is 10.6. The smallest absolute Gasteiger partial charge is 0.0620 e. The Morgan fingerprint density at radius 1 is 0.289 bits per heavy atom. The first-order valence-electron chi connectivity index (χ1n) is 13.2. The van der Waals surface area contributed by atoms with Crippen molar-refractivity contribution in [2.75, 3.05) is 0 Å². The maximum absolute atomic E-state index is 2.45. The third kappa shape index (κ3) is 2.10. The first-order valence-corrected chi connectivity index (χ1v) is 13.2. The number of para-hydroxylation sites is 4. The first kappa shape index (κ1) is 19.1. The predicted molar refractivity (Wildman–Crippen MR) is 161 cm³/mol. The van der Waals surface area contributed by atoms with E-state index in [0.29, 0.717) is 0 Å². The minimum atomic E-state index is 1.26. The Morgan fingerprint density at radius 3 is 1.13 bits per heavy atom. The van der Waals surface area contributed by atoms with Crippen LogP contribution in [0, 0.1) is 0 Å². The molecule has 4 aromatic heterocycles. The van der Waals surface area contributed by atoms with Gasteiger partial charge in [0.25, 0.3) is 0 Å². The quantitative estimate of drug-likeness (QED) is 0.221. The lowest BCUT2D eigenvalue weighted by Crippen LogP contribution is -1.83. The zero-order chi connectivity index (χ0) is 24.5. The fourth-order valence-corrected chi connectivity index (χ4v) is 7.22. The van der Waals surface area contributed by atoms with Gasteiger partial charge in [-0.05, 0) is 47.5 Å². The van der Waals surface area contributed by atoms with Crippen LogP contribution in [0.3, 0.4) is 0 Å². The summed E-state index contributed by atoms with van der Waals surface area (Å²) in [6.45, 7) is 0. The van der Waals surface area contributed by atoms with Crippen LogP contribution in [-0.4, -0.2) is 8.80 Å². The van der Waals surface area contributed by atoms with E-state index in [1.54, 1.807) is 0 Å². The van der Waals surface area contributed by atoms with Gasteiger partial charge in [-0.15, -0.1) is 0 Å². The molecule has 2 heteroatoms. The third-order valence-corrected chi connectivity index (χ3v) is 8.78. The van der Waals surface area contributed by atoms with Crippen molar-refractivity contribution in [2.24, 2.45) is 0 Å². The normalized spacial score (nSPS) is 12.7. The molecule has 0 aliphatic rings. The number of benzene rings is 6. The Bertz CT molecular complexity index is 2380. The molecule has 0 aliphatic heterocycles. The zero-order valence-electron chi connectivity index (χ0n) is 20.4. The molecule has 0 fully saturated rings. The molecule has 0 amide bonds. The van der Waals surface area contributed by atoms with Crippen LogP contribution in [0.4, 0.5) is 0 Å². The molecule has 0 saturated carbocycles. The highest BCUT2D eigenvalue weighted by Crippen LogP contribution is 2.42. The number of aromatic nitrogens is 2. The van der Waals surface area contributed by atoms with Crippen LogP contribution in [-0.2, 0) is 0 Å². The van der Waals surface area contributed by atoms with Gasteiger partial charge in [0.05, 0.1) is 33.1 Å². The molecule has 0 bridgehead atoms. The van der Waals surface area contributed by atoms with E-state index in [2.05, 4.69) is 130 Å². The topological polar surface area (TPSA) is 8.82 Å². The van der Waals surface area contributed by atoms with Crippen LogP contribution in [0.2, 0.25) is 0 Å². The average Bonchev–Trinajstić information content (AvgIpc) is 3.70. The molecule has 0 unspecified atom stereocenters. The summed E-state index contributed by atoms with van der Waals surface area (Å²) in [5.41, 5.74) is 10.3. The summed E-state index contributed by atoms with van der Waals surface area (Å²) in [4.78, 5) is 0. The summed E-state index contributed by atoms with van der Waals surface area (Å²) in [5.74, 6) is 0. The van der Waals surface area contributed by atoms with Gasteiger partial charge in [0.1, 0.15) is 0 Å². The second-order valence-corrected chi connectivity index (χ2v) is 10.6. The number of hydrogen-bond acceptors (Lipinski definition) is 0. The van der Waals surface area contributed by atoms with Gasteiger partial charge in [0, 0.05) is 43.1 Å². The van der Waals surface area contributed by atoms with E-state index in [-0.39, 0.29) is 0 Å². The highest BCUT2D eigenvalue weighted by Gasteiger charge is 2.19. The van der Waals surface area contributed by atoms with Crippen LogP contribution in [0.1, 0.15) is 0 Å². The monoisotopic (exact) mass is 480 g/mol. The minimum absolute atomic E-state index is 1.26. The molecule has 0 aliphatic carbocycles. The molecule has 10 rings (SSSR count). The van der Waals surface area contributed by atoms with E-state index >= 15 is 0 Å². The molecule has 38 heavy (non-hydrogen) atoms. The van der Waals surface area contributed by atoms with Gasteiger partial charge in [-0.3, -0.25) is 0 Å². The van der Waals surface area contributed by atoms with Crippen molar-refractivity contribution in [2.45, 2.75) is 0 Å². The van der Waals surface area contributed by atoms with Crippen LogP contribution >= 0.6 is 0 Å². The Kier molecular flexibility index (Phi) is 3.23. The number of nitrogens with zero attached hydrogens (tertiary/aromatic N) is 2. The summed E-state index contributed by atoms with van der Waals surface area (Å²) in [6, 6.07) is 44.9. The number of rotatable bonds is 1. The fourth-order valence-electron chi connectivity index (χ4n) is 7.22. The van der Waals surface area contributed by atoms with Crippen molar-refractivity contribution in [1.82, 2.24) is 8.80 Å². The van der Waals surface area contributed by atoms with Crippen LogP contribution in [0.15, 0.2) is 121 Å². The van der Waals surface area contributed by atoms with Crippen molar-refractivity contribution < 1.29 is 0 Å². The van der Waals surface area contributed by atoms with Gasteiger partial charge >= 0.3 is 0 Å². The lowest BCUT2D eigenvalue weighted by Gasteiger charge is -2.05. The van der Waals surface area contributed by atoms with Crippen LogP contribution in [0.25, 0.3) is 87.3 Å². The molecule has 4 heterocycles. The molecule has 0 atom stereocenters. The molecule has 10 aromatic rings. The van der Waals surface area contributed by atoms with Crippen molar-refractivity contribution in [3.05, 3.63) is 121 Å². The number of fused-ring (bicyclic) bond motifs is 12. The third-order valence-electron chi connectivity index (χ3n) is 8.78. The first-order chi connectivity index (χ1) is 18.9. The molecule has 0 N–H and O–H groups in total. The minimum Gasteiger partial charge on any atom is -0.308 e. The average molecular weight is 481 g/mol. The Balaban J connectivity index is 1.27. The van der Waals surface area contributed by atoms with E-state index in [1.165, 1.54) is 87.3 Å². The zero-order valence-corrected chi connectivity index (χ0v) is 20.4. The standard InChI is InChI=1S/C36H20N2/c1-3-13-31-23(7-1)25-9-5-11-27-29-19-21(15-17-33(29)37(31)35(25)27)22-16-18-34-30(20-22)28-12-6-10-26-24-8-2-4-14-32(24)38(34)36(26)28/h1-20H. The fraction of sp³-hybridized carbons (Fsp3) is 0. The van der Waals surface area contributed by atoms with Gasteiger partial charge in [-0.1, -0.05) is 84.9 Å². The Morgan fingerprint density at radius 2 is 0.658 bits per heavy atom. The van der Waals surface area contributed by atoms with Crippen molar-refractivity contribution in [3.63, 3.8) is 0 Å². The van der Waals surface area contributed by atoms with Gasteiger partial charge in [0.2, 0.25) is 0 Å². The Hall–Kier alpha value is -5.08. The molecule has 0 radical (unpaired) electrons. The highest BCUT2D eigenvalue weighted by atomic mass is 14.9. The highest BCUT2D eigenvalue weighted by molar-refractivity contribution is 6.25. The van der Waals surface area contributed by atoms with E-state index in [4.69, 9.17) is 0 Å². The summed E-state index contributed by atoms with van der Waals surface area (Å²) >= 11 is 0. The molecule has 0 spiro atoms. The maximum Gasteiger partial charge on any atom is 0.0620 e. The SMILES string of the molecule is c1ccc2c(c1)c1cccc3c4cc(-c5ccc6c(c5)c5cccc7c8ccccc8n6c75)ccc4n2c13. The van der Waals surface area contributed by atoms with E-state index in [9.17, 15) is 0 Å². The van der Waals surface area contributed by atoms with Crippen LogP contribution in [0.5, 0.6) is 0 Å². The molecule has 174 valence electrons. The van der Waals surface area contributed by atoms with Gasteiger partial charge in [-0.2, -0.15) is 0 Å². The molecule has 6 aromatic carbocycles. The van der Waals surface area contributed by atoms with Crippen molar-refractivity contribution in [1.29, 1.82) is 0 Å². The predicted octanol–water partition coefficient (Wildman–Crippen LogP) is 9.65. The molecular weight excluding hydrogens is 460 g/mol. The molecule has 0 saturated heterocycles. The summed E-state index contributed by atoms with van der Waals surface area (Å²) in [5, 5.41) is 10.6. The van der Waals surface area contributed by atoms with Crippen molar-refractivity contribution in [3.8, 4) is 11.1 Å². The van der Waals surface area contributed by atoms with Crippen LogP contribution < -0.4 is 0 Å². The van der Waals surface area contributed by atoms with Gasteiger partial charge in [-0.25, -0.2) is 0 Å². The van der Waals surface area contributed by atoms with Gasteiger partial charge < -0.3 is 8.80 Å². The Labute approximate surface area is 217 Å². The summed E-state index contributed by atoms with van der Waals surface area (Å²) in [6.07, 6.45) is 0. The lowest BCUT2D eigenvalue weighted by molar-refractivity contribution is 1.37. The number of hydrogen-bond donors (Lipinski definition) is 0. The summed E-state index contributed by atoms with van der Waals surface area (Å²) < 4.78 is 4.89. The second kappa shape index (κ2) is 6.42. The maximum atomic E-state index is 2.45. The largest absolute Gasteiger partial charge is 0.308 e. The van der Waals surface area contributed by atoms with E-state index in [0.717, 1.165) is 0 Å². The van der Waals surface area contributed by atoms with E-state index < -0.39 is 0 Å². The van der Waals surface area contributed by atoms with Crippen molar-refractivity contribution >= 4 is 76.2 Å². The summed E-state index contributed by atoms with van der Waals surface area (Å²) in [7, 11) is 0.